The van der Waals surface area contributed by atoms with Crippen LogP contribution in [0.2, 0.25) is 10.0 Å². The van der Waals surface area contributed by atoms with Gasteiger partial charge in [0.15, 0.2) is 0 Å². The number of hydrogen-bond acceptors (Lipinski definition) is 2. The Morgan fingerprint density at radius 2 is 2.05 bits per heavy atom. The molecule has 21 heavy (non-hydrogen) atoms. The Morgan fingerprint density at radius 1 is 1.29 bits per heavy atom. The highest BCUT2D eigenvalue weighted by Crippen LogP contribution is 2.34. The van der Waals surface area contributed by atoms with Crippen molar-refractivity contribution in [3.05, 3.63) is 33.8 Å². The maximum absolute atomic E-state index is 6.38. The molecule has 2 rings (SSSR count). The molecule has 1 aliphatic rings. The molecular formula is C17H26Cl2N2. The molecule has 4 heteroatoms. The minimum atomic E-state index is 0.318. The molecule has 1 aliphatic heterocycles. The summed E-state index contributed by atoms with van der Waals surface area (Å²) in [5, 5.41) is 4.91. The van der Waals surface area contributed by atoms with E-state index >= 15 is 0 Å². The van der Waals surface area contributed by atoms with Crippen LogP contribution >= 0.6 is 23.2 Å². The van der Waals surface area contributed by atoms with Crippen molar-refractivity contribution in [1.29, 1.82) is 0 Å². The zero-order valence-corrected chi connectivity index (χ0v) is 14.7. The molecule has 1 saturated heterocycles. The normalized spacial score (nSPS) is 21.7. The van der Waals surface area contributed by atoms with Crippen LogP contribution in [0.1, 0.15) is 45.2 Å². The molecule has 1 aromatic rings. The van der Waals surface area contributed by atoms with Gasteiger partial charge in [-0.25, -0.2) is 0 Å². The molecule has 2 atom stereocenters. The Labute approximate surface area is 138 Å². The second-order valence-electron chi connectivity index (χ2n) is 6.39. The molecule has 0 aromatic heterocycles. The summed E-state index contributed by atoms with van der Waals surface area (Å²) < 4.78 is 0. The van der Waals surface area contributed by atoms with Gasteiger partial charge in [0.1, 0.15) is 0 Å². The van der Waals surface area contributed by atoms with Gasteiger partial charge in [-0.3, -0.25) is 4.90 Å². The number of hydrogen-bond donors (Lipinski definition) is 1. The van der Waals surface area contributed by atoms with Crippen LogP contribution < -0.4 is 5.32 Å². The van der Waals surface area contributed by atoms with Crippen LogP contribution in [0.3, 0.4) is 0 Å². The van der Waals surface area contributed by atoms with Crippen molar-refractivity contribution in [2.45, 2.75) is 45.7 Å². The smallest absolute Gasteiger partial charge is 0.0640 e. The second-order valence-corrected chi connectivity index (χ2v) is 7.17. The minimum absolute atomic E-state index is 0.318. The van der Waals surface area contributed by atoms with Crippen molar-refractivity contribution in [2.75, 3.05) is 19.6 Å². The quantitative estimate of drug-likeness (QED) is 0.837. The summed E-state index contributed by atoms with van der Waals surface area (Å²) in [5.74, 6) is 0.724. The Balaban J connectivity index is 2.01. The molecule has 0 saturated carbocycles. The van der Waals surface area contributed by atoms with Gasteiger partial charge in [-0.2, -0.15) is 0 Å². The first-order chi connectivity index (χ1) is 9.99. The number of nitrogens with zero attached hydrogens (tertiary/aromatic N) is 1. The van der Waals surface area contributed by atoms with Gasteiger partial charge in [0.2, 0.25) is 0 Å². The third-order valence-electron chi connectivity index (χ3n) is 4.34. The van der Waals surface area contributed by atoms with Crippen molar-refractivity contribution in [1.82, 2.24) is 10.2 Å². The first-order valence-corrected chi connectivity index (χ1v) is 8.66. The number of nitrogens with one attached hydrogen (secondary N) is 1. The lowest BCUT2D eigenvalue weighted by Gasteiger charge is -2.37. The summed E-state index contributed by atoms with van der Waals surface area (Å²) in [6.45, 7) is 10.0. The van der Waals surface area contributed by atoms with Gasteiger partial charge >= 0.3 is 0 Å². The summed E-state index contributed by atoms with van der Waals surface area (Å²) in [5.41, 5.74) is 1.14. The van der Waals surface area contributed by atoms with Crippen LogP contribution in [0.5, 0.6) is 0 Å². The number of piperidine rings is 1. The van der Waals surface area contributed by atoms with Crippen LogP contribution in [0.15, 0.2) is 18.2 Å². The highest BCUT2D eigenvalue weighted by molar-refractivity contribution is 6.42. The van der Waals surface area contributed by atoms with E-state index in [1.807, 2.05) is 12.1 Å². The molecule has 1 fully saturated rings. The van der Waals surface area contributed by atoms with E-state index < -0.39 is 0 Å². The average Bonchev–Trinajstić information content (AvgIpc) is 2.47. The van der Waals surface area contributed by atoms with Crippen molar-refractivity contribution in [3.63, 3.8) is 0 Å². The van der Waals surface area contributed by atoms with Crippen LogP contribution in [-0.4, -0.2) is 30.6 Å². The summed E-state index contributed by atoms with van der Waals surface area (Å²) >= 11 is 12.5. The molecule has 2 nitrogen and oxygen atoms in total. The van der Waals surface area contributed by atoms with E-state index in [0.29, 0.717) is 22.1 Å². The number of rotatable bonds is 5. The van der Waals surface area contributed by atoms with E-state index in [1.165, 1.54) is 12.8 Å². The zero-order valence-electron chi connectivity index (χ0n) is 13.2. The van der Waals surface area contributed by atoms with Crippen LogP contribution in [0, 0.1) is 5.92 Å². The summed E-state index contributed by atoms with van der Waals surface area (Å²) in [6.07, 6.45) is 2.57. The molecule has 0 amide bonds. The first kappa shape index (κ1) is 17.1. The lowest BCUT2D eigenvalue weighted by Crippen LogP contribution is -2.42. The first-order valence-electron chi connectivity index (χ1n) is 7.90. The summed E-state index contributed by atoms with van der Waals surface area (Å²) in [4.78, 5) is 2.54. The predicted octanol–water partition coefficient (Wildman–Crippen LogP) is 4.76. The second kappa shape index (κ2) is 7.82. The maximum atomic E-state index is 6.38. The minimum Gasteiger partial charge on any atom is -0.314 e. The number of benzene rings is 1. The molecule has 2 unspecified atom stereocenters. The lowest BCUT2D eigenvalue weighted by atomic mass is 9.95. The van der Waals surface area contributed by atoms with Gasteiger partial charge < -0.3 is 5.32 Å². The van der Waals surface area contributed by atoms with Gasteiger partial charge in [0.25, 0.3) is 0 Å². The van der Waals surface area contributed by atoms with E-state index in [-0.39, 0.29) is 0 Å². The van der Waals surface area contributed by atoms with Crippen molar-refractivity contribution < 1.29 is 0 Å². The predicted molar refractivity (Wildman–Crippen MR) is 92.3 cm³/mol. The molecule has 1 N–H and O–H groups in total. The number of halogens is 2. The lowest BCUT2D eigenvalue weighted by molar-refractivity contribution is 0.129. The van der Waals surface area contributed by atoms with Gasteiger partial charge in [0, 0.05) is 18.6 Å². The molecule has 118 valence electrons. The zero-order chi connectivity index (χ0) is 15.4. The monoisotopic (exact) mass is 328 g/mol. The Morgan fingerprint density at radius 3 is 2.76 bits per heavy atom. The number of likely N-dealkylation sites (tertiary alicyclic amines) is 1. The van der Waals surface area contributed by atoms with E-state index in [0.717, 1.165) is 31.1 Å². The fourth-order valence-electron chi connectivity index (χ4n) is 3.06. The molecule has 1 aromatic carbocycles. The van der Waals surface area contributed by atoms with Crippen molar-refractivity contribution in [3.8, 4) is 0 Å². The molecule has 0 bridgehead atoms. The Kier molecular flexibility index (Phi) is 6.36. The van der Waals surface area contributed by atoms with Crippen LogP contribution in [0.25, 0.3) is 0 Å². The van der Waals surface area contributed by atoms with Crippen LogP contribution in [-0.2, 0) is 0 Å². The maximum Gasteiger partial charge on any atom is 0.0640 e. The summed E-state index contributed by atoms with van der Waals surface area (Å²) in [6, 6.07) is 6.81. The standard InChI is InChI=1S/C17H26Cl2N2/c1-12(2)20-10-14-6-5-9-21(11-14)13(3)15-7-4-8-16(18)17(15)19/h4,7-8,12-14,20H,5-6,9-11H2,1-3H3. The third-order valence-corrected chi connectivity index (χ3v) is 5.18. The highest BCUT2D eigenvalue weighted by Gasteiger charge is 2.25. The van der Waals surface area contributed by atoms with Crippen LogP contribution in [0.4, 0.5) is 0 Å². The van der Waals surface area contributed by atoms with E-state index in [1.54, 1.807) is 0 Å². The molecule has 0 aliphatic carbocycles. The van der Waals surface area contributed by atoms with E-state index in [9.17, 15) is 0 Å². The Hall–Kier alpha value is -0.280. The van der Waals surface area contributed by atoms with E-state index in [4.69, 9.17) is 23.2 Å². The summed E-state index contributed by atoms with van der Waals surface area (Å²) in [7, 11) is 0. The van der Waals surface area contributed by atoms with Gasteiger partial charge in [0.05, 0.1) is 10.0 Å². The molecule has 1 heterocycles. The Bertz CT molecular complexity index is 462. The van der Waals surface area contributed by atoms with Crippen molar-refractivity contribution in [2.24, 2.45) is 5.92 Å². The van der Waals surface area contributed by atoms with Crippen molar-refractivity contribution >= 4 is 23.2 Å². The molecular weight excluding hydrogens is 303 g/mol. The van der Waals surface area contributed by atoms with Gasteiger partial charge in [-0.15, -0.1) is 0 Å². The molecule has 0 radical (unpaired) electrons. The SMILES string of the molecule is CC(C)NCC1CCCN(C(C)c2cccc(Cl)c2Cl)C1. The van der Waals surface area contributed by atoms with Gasteiger partial charge in [-0.1, -0.05) is 49.2 Å². The average molecular weight is 329 g/mol. The largest absolute Gasteiger partial charge is 0.314 e. The highest BCUT2D eigenvalue weighted by atomic mass is 35.5. The fourth-order valence-corrected chi connectivity index (χ4v) is 3.52. The van der Waals surface area contributed by atoms with E-state index in [2.05, 4.69) is 37.1 Å². The fraction of sp³-hybridized carbons (Fsp3) is 0.647. The van der Waals surface area contributed by atoms with Gasteiger partial charge in [-0.05, 0) is 50.4 Å². The topological polar surface area (TPSA) is 15.3 Å². The third kappa shape index (κ3) is 4.59. The molecule has 0 spiro atoms.